The van der Waals surface area contributed by atoms with E-state index in [-0.39, 0.29) is 0 Å². The average Bonchev–Trinajstić information content (AvgIpc) is 2.31. The van der Waals surface area contributed by atoms with E-state index in [0.29, 0.717) is 11.7 Å². The van der Waals surface area contributed by atoms with Gasteiger partial charge < -0.3 is 5.11 Å². The number of carbonyl (C=O) groups is 1. The Bertz CT molecular complexity index is 302. The van der Waals surface area contributed by atoms with Crippen LogP contribution < -0.4 is 0 Å². The minimum absolute atomic E-state index is 0.305. The number of carboxylic acids is 1. The molecule has 1 aromatic rings. The van der Waals surface area contributed by atoms with Gasteiger partial charge in [0.05, 0.1) is 6.04 Å². The summed E-state index contributed by atoms with van der Waals surface area (Å²) in [7, 11) is 0. The Morgan fingerprint density at radius 3 is 2.92 bits per heavy atom. The fourth-order valence-corrected chi connectivity index (χ4v) is 1.41. The summed E-state index contributed by atoms with van der Waals surface area (Å²) < 4.78 is 1.62. The van der Waals surface area contributed by atoms with Crippen LogP contribution in [0, 0.1) is 0 Å². The van der Waals surface area contributed by atoms with Crippen LogP contribution in [0.1, 0.15) is 35.8 Å². The van der Waals surface area contributed by atoms with Gasteiger partial charge in [0.25, 0.3) is 0 Å². The number of rotatable bonds is 2. The number of aromatic carboxylic acids is 1. The van der Waals surface area contributed by atoms with Crippen LogP contribution in [0.5, 0.6) is 0 Å². The third kappa shape index (κ3) is 0.995. The maximum absolute atomic E-state index is 10.7. The van der Waals surface area contributed by atoms with Crippen LogP contribution in [0.2, 0.25) is 0 Å². The van der Waals surface area contributed by atoms with Crippen LogP contribution in [0.25, 0.3) is 0 Å². The van der Waals surface area contributed by atoms with E-state index < -0.39 is 5.97 Å². The fourth-order valence-electron chi connectivity index (χ4n) is 1.41. The molecule has 0 amide bonds. The molecule has 4 nitrogen and oxygen atoms in total. The van der Waals surface area contributed by atoms with Crippen molar-refractivity contribution in [3.63, 3.8) is 0 Å². The summed E-state index contributed by atoms with van der Waals surface area (Å²) >= 11 is 0. The van der Waals surface area contributed by atoms with E-state index in [2.05, 4.69) is 5.10 Å². The quantitative estimate of drug-likeness (QED) is 0.720. The van der Waals surface area contributed by atoms with Crippen LogP contribution in [-0.2, 0) is 0 Å². The predicted molar refractivity (Wildman–Crippen MR) is 42.1 cm³/mol. The van der Waals surface area contributed by atoms with Crippen molar-refractivity contribution in [1.82, 2.24) is 9.78 Å². The first-order valence-corrected chi connectivity index (χ1v) is 4.06. The molecule has 1 aliphatic carbocycles. The van der Waals surface area contributed by atoms with Crippen LogP contribution in [0.15, 0.2) is 12.3 Å². The van der Waals surface area contributed by atoms with Gasteiger partial charge in [-0.2, -0.15) is 5.10 Å². The van der Waals surface area contributed by atoms with Gasteiger partial charge in [0.2, 0.25) is 0 Å². The Morgan fingerprint density at radius 1 is 1.67 bits per heavy atom. The summed E-state index contributed by atoms with van der Waals surface area (Å²) in [5.41, 5.74) is 0.305. The molecule has 2 rings (SSSR count). The summed E-state index contributed by atoms with van der Waals surface area (Å²) in [5.74, 6) is -0.889. The van der Waals surface area contributed by atoms with Gasteiger partial charge >= 0.3 is 5.97 Å². The van der Waals surface area contributed by atoms with Crippen LogP contribution in [0.3, 0.4) is 0 Å². The Morgan fingerprint density at radius 2 is 2.42 bits per heavy atom. The number of hydrogen-bond donors (Lipinski definition) is 1. The zero-order valence-electron chi connectivity index (χ0n) is 6.60. The summed E-state index contributed by atoms with van der Waals surface area (Å²) in [6, 6.07) is 1.87. The lowest BCUT2D eigenvalue weighted by Crippen LogP contribution is -2.22. The van der Waals surface area contributed by atoms with Crippen LogP contribution in [-0.4, -0.2) is 20.9 Å². The fraction of sp³-hybridized carbons (Fsp3) is 0.500. The smallest absolute Gasteiger partial charge is 0.354 e. The van der Waals surface area contributed by atoms with E-state index in [9.17, 15) is 4.79 Å². The van der Waals surface area contributed by atoms with Gasteiger partial charge in [-0.05, 0) is 25.3 Å². The standard InChI is InChI=1S/C8H10N2O2/c11-8(12)7-4-5-9-10(7)6-2-1-3-6/h4-6H,1-3H2,(H,11,12). The summed E-state index contributed by atoms with van der Waals surface area (Å²) in [4.78, 5) is 10.7. The lowest BCUT2D eigenvalue weighted by atomic mass is 9.93. The van der Waals surface area contributed by atoms with E-state index in [1.165, 1.54) is 6.42 Å². The van der Waals surface area contributed by atoms with Crippen molar-refractivity contribution in [2.75, 3.05) is 0 Å². The first-order chi connectivity index (χ1) is 5.79. The Balaban J connectivity index is 2.29. The minimum atomic E-state index is -0.889. The Labute approximate surface area is 69.8 Å². The van der Waals surface area contributed by atoms with Gasteiger partial charge in [0.1, 0.15) is 5.69 Å². The maximum atomic E-state index is 10.7. The van der Waals surface area contributed by atoms with E-state index in [4.69, 9.17) is 5.11 Å². The van der Waals surface area contributed by atoms with Crippen molar-refractivity contribution in [1.29, 1.82) is 0 Å². The lowest BCUT2D eigenvalue weighted by molar-refractivity contribution is 0.0675. The molecule has 4 heteroatoms. The predicted octanol–water partition coefficient (Wildman–Crippen LogP) is 1.31. The summed E-state index contributed by atoms with van der Waals surface area (Å²) in [6.45, 7) is 0. The van der Waals surface area contributed by atoms with Crippen LogP contribution >= 0.6 is 0 Å². The molecule has 0 aliphatic heterocycles. The minimum Gasteiger partial charge on any atom is -0.477 e. The summed E-state index contributed by atoms with van der Waals surface area (Å²) in [5, 5.41) is 12.8. The van der Waals surface area contributed by atoms with Gasteiger partial charge in [0.15, 0.2) is 0 Å². The average molecular weight is 166 g/mol. The van der Waals surface area contributed by atoms with E-state index >= 15 is 0 Å². The monoisotopic (exact) mass is 166 g/mol. The van der Waals surface area contributed by atoms with Crippen molar-refractivity contribution < 1.29 is 9.90 Å². The van der Waals surface area contributed by atoms with Crippen molar-refractivity contribution in [2.45, 2.75) is 25.3 Å². The molecule has 0 spiro atoms. The maximum Gasteiger partial charge on any atom is 0.354 e. The van der Waals surface area contributed by atoms with Crippen LogP contribution in [0.4, 0.5) is 0 Å². The molecule has 0 atom stereocenters. The molecule has 12 heavy (non-hydrogen) atoms. The second-order valence-corrected chi connectivity index (χ2v) is 3.05. The Hall–Kier alpha value is -1.32. The molecular weight excluding hydrogens is 156 g/mol. The number of hydrogen-bond acceptors (Lipinski definition) is 2. The highest BCUT2D eigenvalue weighted by Crippen LogP contribution is 2.31. The molecule has 0 saturated heterocycles. The first kappa shape index (κ1) is 7.34. The molecule has 1 saturated carbocycles. The van der Waals surface area contributed by atoms with Crippen molar-refractivity contribution in [2.24, 2.45) is 0 Å². The SMILES string of the molecule is O=C(O)c1ccnn1C1CCC1. The molecule has 0 radical (unpaired) electrons. The highest BCUT2D eigenvalue weighted by molar-refractivity contribution is 5.85. The van der Waals surface area contributed by atoms with Gasteiger partial charge in [-0.25, -0.2) is 4.79 Å². The lowest BCUT2D eigenvalue weighted by Gasteiger charge is -2.26. The third-order valence-corrected chi connectivity index (χ3v) is 2.31. The van der Waals surface area contributed by atoms with Gasteiger partial charge in [-0.1, -0.05) is 0 Å². The molecule has 0 aromatic carbocycles. The molecule has 1 aliphatic rings. The van der Waals surface area contributed by atoms with E-state index in [0.717, 1.165) is 12.8 Å². The largest absolute Gasteiger partial charge is 0.477 e. The first-order valence-electron chi connectivity index (χ1n) is 4.06. The zero-order valence-corrected chi connectivity index (χ0v) is 6.60. The van der Waals surface area contributed by atoms with Gasteiger partial charge in [-0.15, -0.1) is 0 Å². The molecule has 1 fully saturated rings. The van der Waals surface area contributed by atoms with Crippen molar-refractivity contribution in [3.05, 3.63) is 18.0 Å². The third-order valence-electron chi connectivity index (χ3n) is 2.31. The van der Waals surface area contributed by atoms with Gasteiger partial charge in [-0.3, -0.25) is 4.68 Å². The molecule has 0 bridgehead atoms. The molecule has 1 heterocycles. The molecular formula is C8H10N2O2. The molecule has 0 unspecified atom stereocenters. The summed E-state index contributed by atoms with van der Waals surface area (Å²) in [6.07, 6.45) is 4.84. The van der Waals surface area contributed by atoms with Crippen molar-refractivity contribution >= 4 is 5.97 Å². The van der Waals surface area contributed by atoms with Crippen molar-refractivity contribution in [3.8, 4) is 0 Å². The zero-order chi connectivity index (χ0) is 8.55. The Kier molecular flexibility index (Phi) is 1.60. The number of carboxylic acid groups (broad SMARTS) is 1. The molecule has 64 valence electrons. The number of aromatic nitrogens is 2. The van der Waals surface area contributed by atoms with E-state index in [1.807, 2.05) is 0 Å². The highest BCUT2D eigenvalue weighted by Gasteiger charge is 2.23. The second kappa shape index (κ2) is 2.62. The molecule has 1 N–H and O–H groups in total. The van der Waals surface area contributed by atoms with Gasteiger partial charge in [0, 0.05) is 6.20 Å². The number of nitrogens with zero attached hydrogens (tertiary/aromatic N) is 2. The highest BCUT2D eigenvalue weighted by atomic mass is 16.4. The normalized spacial score (nSPS) is 17.3. The molecule has 1 aromatic heterocycles. The van der Waals surface area contributed by atoms with E-state index in [1.54, 1.807) is 16.9 Å². The second-order valence-electron chi connectivity index (χ2n) is 3.05. The topological polar surface area (TPSA) is 55.1 Å².